The van der Waals surface area contributed by atoms with Gasteiger partial charge in [-0.25, -0.2) is 0 Å². The van der Waals surface area contributed by atoms with Gasteiger partial charge in [-0.05, 0) is 35.9 Å². The number of hydrazone groups is 1. The molecule has 0 saturated heterocycles. The van der Waals surface area contributed by atoms with Crippen molar-refractivity contribution in [1.29, 1.82) is 5.26 Å². The molecule has 0 saturated carbocycles. The van der Waals surface area contributed by atoms with Gasteiger partial charge in [-0.1, -0.05) is 48.0 Å². The number of nitrogens with zero attached hydrogens (tertiary/aromatic N) is 2. The summed E-state index contributed by atoms with van der Waals surface area (Å²) in [5, 5.41) is 13.5. The Balaban J connectivity index is 2.05. The molecular formula is C17H12ClN3O. The second-order valence-electron chi connectivity index (χ2n) is 4.30. The van der Waals surface area contributed by atoms with Gasteiger partial charge in [-0.2, -0.15) is 10.4 Å². The molecule has 2 aromatic carbocycles. The standard InChI is InChI=1S/C17H12ClN3O/c18-14-9-6-13(7-10-14)8-11-17(22)16(12-19)21-20-15-4-2-1-3-5-15/h1-11,20H/b11-8+,21-16-. The molecule has 0 bridgehead atoms. The first kappa shape index (κ1) is 15.5. The Bertz CT molecular complexity index is 744. The quantitative estimate of drug-likeness (QED) is 0.517. The van der Waals surface area contributed by atoms with Crippen molar-refractivity contribution in [3.63, 3.8) is 0 Å². The summed E-state index contributed by atoms with van der Waals surface area (Å²) >= 11 is 5.79. The van der Waals surface area contributed by atoms with Gasteiger partial charge in [-0.3, -0.25) is 10.2 Å². The van der Waals surface area contributed by atoms with E-state index in [0.29, 0.717) is 10.7 Å². The number of ketones is 1. The van der Waals surface area contributed by atoms with Crippen molar-refractivity contribution in [3.8, 4) is 6.07 Å². The first-order valence-electron chi connectivity index (χ1n) is 6.46. The summed E-state index contributed by atoms with van der Waals surface area (Å²) in [5.74, 6) is -0.471. The van der Waals surface area contributed by atoms with Crippen LogP contribution in [0.25, 0.3) is 6.08 Å². The van der Waals surface area contributed by atoms with E-state index in [1.165, 1.54) is 6.08 Å². The highest BCUT2D eigenvalue weighted by Gasteiger charge is 2.07. The Kier molecular flexibility index (Phi) is 5.47. The third-order valence-electron chi connectivity index (χ3n) is 2.71. The number of hydrogen-bond acceptors (Lipinski definition) is 4. The molecule has 0 fully saturated rings. The predicted molar refractivity (Wildman–Crippen MR) is 88.6 cm³/mol. The first-order chi connectivity index (χ1) is 10.7. The minimum absolute atomic E-state index is 0.214. The molecular weight excluding hydrogens is 298 g/mol. The van der Waals surface area contributed by atoms with Crippen LogP contribution in [0, 0.1) is 11.3 Å². The van der Waals surface area contributed by atoms with Crippen LogP contribution in [0.4, 0.5) is 5.69 Å². The Morgan fingerprint density at radius 2 is 1.82 bits per heavy atom. The fourth-order valence-corrected chi connectivity index (χ4v) is 1.72. The van der Waals surface area contributed by atoms with E-state index in [1.807, 2.05) is 18.2 Å². The van der Waals surface area contributed by atoms with Crippen molar-refractivity contribution in [1.82, 2.24) is 0 Å². The highest BCUT2D eigenvalue weighted by molar-refractivity contribution is 6.50. The minimum atomic E-state index is -0.471. The molecule has 0 spiro atoms. The van der Waals surface area contributed by atoms with E-state index in [4.69, 9.17) is 16.9 Å². The summed E-state index contributed by atoms with van der Waals surface area (Å²) in [6.07, 6.45) is 2.91. The van der Waals surface area contributed by atoms with Gasteiger partial charge in [0, 0.05) is 5.02 Å². The molecule has 0 atom stereocenters. The van der Waals surface area contributed by atoms with Crippen molar-refractivity contribution < 1.29 is 4.79 Å². The fourth-order valence-electron chi connectivity index (χ4n) is 1.59. The van der Waals surface area contributed by atoms with Gasteiger partial charge in [0.2, 0.25) is 11.5 Å². The maximum Gasteiger partial charge on any atom is 0.216 e. The topological polar surface area (TPSA) is 65.2 Å². The summed E-state index contributed by atoms with van der Waals surface area (Å²) in [4.78, 5) is 11.9. The van der Waals surface area contributed by atoms with Gasteiger partial charge < -0.3 is 0 Å². The smallest absolute Gasteiger partial charge is 0.216 e. The number of benzene rings is 2. The van der Waals surface area contributed by atoms with Gasteiger partial charge in [-0.15, -0.1) is 0 Å². The Morgan fingerprint density at radius 3 is 2.45 bits per heavy atom. The van der Waals surface area contributed by atoms with Gasteiger partial charge in [0.15, 0.2) is 0 Å². The van der Waals surface area contributed by atoms with Crippen LogP contribution >= 0.6 is 11.6 Å². The number of rotatable bonds is 5. The summed E-state index contributed by atoms with van der Waals surface area (Å²) in [7, 11) is 0. The SMILES string of the molecule is N#C/C(=N/Nc1ccccc1)C(=O)/C=C/c1ccc(Cl)cc1. The van der Waals surface area contributed by atoms with Crippen LogP contribution in [-0.4, -0.2) is 11.5 Å². The van der Waals surface area contributed by atoms with E-state index < -0.39 is 5.78 Å². The maximum atomic E-state index is 11.9. The van der Waals surface area contributed by atoms with Gasteiger partial charge in [0.25, 0.3) is 0 Å². The second kappa shape index (κ2) is 7.77. The van der Waals surface area contributed by atoms with E-state index in [-0.39, 0.29) is 5.71 Å². The average molecular weight is 310 g/mol. The molecule has 0 aromatic heterocycles. The molecule has 0 aliphatic carbocycles. The molecule has 0 radical (unpaired) electrons. The molecule has 5 heteroatoms. The average Bonchev–Trinajstić information content (AvgIpc) is 2.56. The lowest BCUT2D eigenvalue weighted by molar-refractivity contribution is -0.108. The van der Waals surface area contributed by atoms with E-state index in [9.17, 15) is 4.79 Å². The number of para-hydroxylation sites is 1. The fraction of sp³-hybridized carbons (Fsp3) is 0. The Labute approximate surface area is 133 Å². The van der Waals surface area contributed by atoms with Crippen LogP contribution in [0.5, 0.6) is 0 Å². The molecule has 0 unspecified atom stereocenters. The van der Waals surface area contributed by atoms with Crippen LogP contribution < -0.4 is 5.43 Å². The number of nitriles is 1. The van der Waals surface area contributed by atoms with Crippen molar-refractivity contribution in [2.45, 2.75) is 0 Å². The number of carbonyl (C=O) groups is 1. The molecule has 22 heavy (non-hydrogen) atoms. The predicted octanol–water partition coefficient (Wildman–Crippen LogP) is 3.91. The lowest BCUT2D eigenvalue weighted by atomic mass is 10.1. The normalized spacial score (nSPS) is 11.2. The summed E-state index contributed by atoms with van der Waals surface area (Å²) in [5.41, 5.74) is 3.97. The third-order valence-corrected chi connectivity index (χ3v) is 2.96. The van der Waals surface area contributed by atoms with E-state index in [2.05, 4.69) is 10.5 Å². The Hall–Kier alpha value is -2.90. The third kappa shape index (κ3) is 4.58. The minimum Gasteiger partial charge on any atom is -0.287 e. The second-order valence-corrected chi connectivity index (χ2v) is 4.74. The Morgan fingerprint density at radius 1 is 1.14 bits per heavy atom. The molecule has 0 aliphatic heterocycles. The molecule has 2 aromatic rings. The first-order valence-corrected chi connectivity index (χ1v) is 6.83. The van der Waals surface area contributed by atoms with E-state index in [0.717, 1.165) is 5.56 Å². The molecule has 0 heterocycles. The van der Waals surface area contributed by atoms with Crippen molar-refractivity contribution in [3.05, 3.63) is 71.3 Å². The largest absolute Gasteiger partial charge is 0.287 e. The highest BCUT2D eigenvalue weighted by Crippen LogP contribution is 2.10. The molecule has 108 valence electrons. The molecule has 0 amide bonds. The van der Waals surface area contributed by atoms with Crippen LogP contribution in [0.2, 0.25) is 5.02 Å². The highest BCUT2D eigenvalue weighted by atomic mass is 35.5. The summed E-state index contributed by atoms with van der Waals surface area (Å²) in [6, 6.07) is 17.9. The lowest BCUT2D eigenvalue weighted by Gasteiger charge is -1.99. The molecule has 2 rings (SSSR count). The van der Waals surface area contributed by atoms with Crippen LogP contribution in [-0.2, 0) is 4.79 Å². The van der Waals surface area contributed by atoms with Gasteiger partial charge in [0.05, 0.1) is 5.69 Å². The molecule has 0 aliphatic rings. The van der Waals surface area contributed by atoms with E-state index in [1.54, 1.807) is 48.5 Å². The number of allylic oxidation sites excluding steroid dienone is 1. The zero-order valence-corrected chi connectivity index (χ0v) is 12.3. The van der Waals surface area contributed by atoms with Gasteiger partial charge in [0.1, 0.15) is 6.07 Å². The number of nitrogens with one attached hydrogen (secondary N) is 1. The number of hydrogen-bond donors (Lipinski definition) is 1. The van der Waals surface area contributed by atoms with Crippen LogP contribution in [0.1, 0.15) is 5.56 Å². The lowest BCUT2D eigenvalue weighted by Crippen LogP contribution is -2.10. The van der Waals surface area contributed by atoms with Gasteiger partial charge >= 0.3 is 0 Å². The monoisotopic (exact) mass is 309 g/mol. The number of carbonyl (C=O) groups excluding carboxylic acids is 1. The zero-order valence-electron chi connectivity index (χ0n) is 11.5. The molecule has 4 nitrogen and oxygen atoms in total. The van der Waals surface area contributed by atoms with Crippen molar-refractivity contribution in [2.24, 2.45) is 5.10 Å². The van der Waals surface area contributed by atoms with Crippen molar-refractivity contribution >= 4 is 34.9 Å². The van der Waals surface area contributed by atoms with E-state index >= 15 is 0 Å². The number of halogens is 1. The van der Waals surface area contributed by atoms with Crippen LogP contribution in [0.3, 0.4) is 0 Å². The summed E-state index contributed by atoms with van der Waals surface area (Å²) < 4.78 is 0. The van der Waals surface area contributed by atoms with Crippen molar-refractivity contribution in [2.75, 3.05) is 5.43 Å². The summed E-state index contributed by atoms with van der Waals surface area (Å²) in [6.45, 7) is 0. The zero-order chi connectivity index (χ0) is 15.8. The molecule has 1 N–H and O–H groups in total. The van der Waals surface area contributed by atoms with Crippen LogP contribution in [0.15, 0.2) is 65.8 Å². The number of anilines is 1. The maximum absolute atomic E-state index is 11.9.